The summed E-state index contributed by atoms with van der Waals surface area (Å²) in [6.45, 7) is 4.16. The fraction of sp³-hybridized carbons (Fsp3) is 0.818. The van der Waals surface area contributed by atoms with Crippen LogP contribution in [0.5, 0.6) is 0 Å². The SMILES string of the molecule is COC(NC1CCCCC1)=C(C)C. The molecule has 0 aromatic rings. The van der Waals surface area contributed by atoms with Crippen LogP contribution in [-0.4, -0.2) is 13.2 Å². The highest BCUT2D eigenvalue weighted by molar-refractivity contribution is 5.01. The van der Waals surface area contributed by atoms with E-state index in [-0.39, 0.29) is 0 Å². The Kier molecular flexibility index (Phi) is 4.13. The maximum absolute atomic E-state index is 5.28. The van der Waals surface area contributed by atoms with Gasteiger partial charge in [0.05, 0.1) is 7.11 Å². The molecule has 0 aromatic carbocycles. The number of ether oxygens (including phenoxy) is 1. The minimum atomic E-state index is 0.638. The number of hydrogen-bond acceptors (Lipinski definition) is 2. The van der Waals surface area contributed by atoms with E-state index in [0.29, 0.717) is 6.04 Å². The third-order valence-electron chi connectivity index (χ3n) is 2.60. The summed E-state index contributed by atoms with van der Waals surface area (Å²) in [5.74, 6) is 0.965. The van der Waals surface area contributed by atoms with Crippen molar-refractivity contribution in [2.75, 3.05) is 7.11 Å². The molecule has 0 radical (unpaired) electrons. The molecule has 0 unspecified atom stereocenters. The molecule has 0 bridgehead atoms. The molecular weight excluding hydrogens is 162 g/mol. The molecule has 1 rings (SSSR count). The van der Waals surface area contributed by atoms with Crippen molar-refractivity contribution in [3.8, 4) is 0 Å². The smallest absolute Gasteiger partial charge is 0.185 e. The highest BCUT2D eigenvalue weighted by Gasteiger charge is 2.14. The molecule has 0 aliphatic heterocycles. The summed E-state index contributed by atoms with van der Waals surface area (Å²) in [6, 6.07) is 0.638. The lowest BCUT2D eigenvalue weighted by Crippen LogP contribution is -2.31. The molecule has 76 valence electrons. The highest BCUT2D eigenvalue weighted by Crippen LogP contribution is 2.18. The van der Waals surface area contributed by atoms with Crippen LogP contribution in [0.4, 0.5) is 0 Å². The second-order valence-corrected chi connectivity index (χ2v) is 4.01. The van der Waals surface area contributed by atoms with Gasteiger partial charge in [-0.3, -0.25) is 0 Å². The van der Waals surface area contributed by atoms with E-state index in [1.165, 1.54) is 37.7 Å². The fourth-order valence-corrected chi connectivity index (χ4v) is 1.84. The molecule has 0 heterocycles. The van der Waals surface area contributed by atoms with Crippen molar-refractivity contribution in [3.63, 3.8) is 0 Å². The first-order valence-electron chi connectivity index (χ1n) is 5.22. The minimum absolute atomic E-state index is 0.638. The second kappa shape index (κ2) is 5.15. The van der Waals surface area contributed by atoms with Gasteiger partial charge in [-0.2, -0.15) is 0 Å². The molecule has 1 aliphatic rings. The molecule has 0 amide bonds. The van der Waals surface area contributed by atoms with Gasteiger partial charge in [0.25, 0.3) is 0 Å². The number of rotatable bonds is 3. The van der Waals surface area contributed by atoms with Crippen LogP contribution in [0.15, 0.2) is 11.5 Å². The van der Waals surface area contributed by atoms with Crippen LogP contribution < -0.4 is 5.32 Å². The van der Waals surface area contributed by atoms with E-state index in [0.717, 1.165) is 5.88 Å². The summed E-state index contributed by atoms with van der Waals surface area (Å²) < 4.78 is 5.28. The molecule has 0 atom stereocenters. The zero-order valence-corrected chi connectivity index (χ0v) is 9.02. The lowest BCUT2D eigenvalue weighted by atomic mass is 9.95. The van der Waals surface area contributed by atoms with Gasteiger partial charge in [0.1, 0.15) is 0 Å². The Morgan fingerprint density at radius 3 is 2.23 bits per heavy atom. The quantitative estimate of drug-likeness (QED) is 0.679. The third-order valence-corrected chi connectivity index (χ3v) is 2.60. The van der Waals surface area contributed by atoms with Gasteiger partial charge in [0, 0.05) is 6.04 Å². The largest absolute Gasteiger partial charge is 0.483 e. The maximum Gasteiger partial charge on any atom is 0.185 e. The molecule has 1 N–H and O–H groups in total. The molecule has 0 aromatic heterocycles. The Balaban J connectivity index is 2.41. The monoisotopic (exact) mass is 183 g/mol. The number of methoxy groups -OCH3 is 1. The summed E-state index contributed by atoms with van der Waals surface area (Å²) in [4.78, 5) is 0. The zero-order valence-electron chi connectivity index (χ0n) is 9.02. The summed E-state index contributed by atoms with van der Waals surface area (Å²) in [5.41, 5.74) is 1.23. The Hall–Kier alpha value is -0.660. The molecule has 1 saturated carbocycles. The fourth-order valence-electron chi connectivity index (χ4n) is 1.84. The van der Waals surface area contributed by atoms with E-state index >= 15 is 0 Å². The molecule has 1 aliphatic carbocycles. The summed E-state index contributed by atoms with van der Waals surface area (Å²) in [6.07, 6.45) is 6.70. The Labute approximate surface area is 81.4 Å². The van der Waals surface area contributed by atoms with E-state index in [4.69, 9.17) is 4.74 Å². The van der Waals surface area contributed by atoms with Crippen LogP contribution in [0, 0.1) is 0 Å². The van der Waals surface area contributed by atoms with Gasteiger partial charge >= 0.3 is 0 Å². The number of allylic oxidation sites excluding steroid dienone is 1. The van der Waals surface area contributed by atoms with Crippen LogP contribution in [-0.2, 0) is 4.74 Å². The Morgan fingerprint density at radius 1 is 1.15 bits per heavy atom. The topological polar surface area (TPSA) is 21.3 Å². The van der Waals surface area contributed by atoms with Crippen LogP contribution in [0.2, 0.25) is 0 Å². The van der Waals surface area contributed by atoms with Crippen molar-refractivity contribution in [1.82, 2.24) is 5.32 Å². The second-order valence-electron chi connectivity index (χ2n) is 4.01. The predicted molar refractivity (Wildman–Crippen MR) is 55.4 cm³/mol. The van der Waals surface area contributed by atoms with Crippen LogP contribution in [0.25, 0.3) is 0 Å². The first-order valence-corrected chi connectivity index (χ1v) is 5.22. The van der Waals surface area contributed by atoms with Gasteiger partial charge in [-0.05, 0) is 32.3 Å². The number of hydrogen-bond donors (Lipinski definition) is 1. The first-order chi connectivity index (χ1) is 6.24. The van der Waals surface area contributed by atoms with Gasteiger partial charge < -0.3 is 10.1 Å². The zero-order chi connectivity index (χ0) is 9.68. The highest BCUT2D eigenvalue weighted by atomic mass is 16.5. The standard InChI is InChI=1S/C11H21NO/c1-9(2)11(13-3)12-10-7-5-4-6-8-10/h10,12H,4-8H2,1-3H3. The van der Waals surface area contributed by atoms with E-state index in [1.807, 2.05) is 0 Å². The number of nitrogens with one attached hydrogen (secondary N) is 1. The van der Waals surface area contributed by atoms with Crippen LogP contribution in [0.3, 0.4) is 0 Å². The Bertz CT molecular complexity index is 177. The van der Waals surface area contributed by atoms with Crippen LogP contribution in [0.1, 0.15) is 46.0 Å². The Morgan fingerprint density at radius 2 is 1.77 bits per heavy atom. The molecule has 0 spiro atoms. The summed E-state index contributed by atoms with van der Waals surface area (Å²) in [5, 5.41) is 3.46. The normalized spacial score (nSPS) is 18.1. The van der Waals surface area contributed by atoms with E-state index in [2.05, 4.69) is 19.2 Å². The van der Waals surface area contributed by atoms with E-state index in [9.17, 15) is 0 Å². The van der Waals surface area contributed by atoms with Gasteiger partial charge in [-0.15, -0.1) is 0 Å². The van der Waals surface area contributed by atoms with E-state index < -0.39 is 0 Å². The van der Waals surface area contributed by atoms with Gasteiger partial charge in [0.15, 0.2) is 5.88 Å². The van der Waals surface area contributed by atoms with Gasteiger partial charge in [-0.1, -0.05) is 19.3 Å². The molecule has 2 nitrogen and oxygen atoms in total. The van der Waals surface area contributed by atoms with Crippen LogP contribution >= 0.6 is 0 Å². The average molecular weight is 183 g/mol. The van der Waals surface area contributed by atoms with Crippen molar-refractivity contribution in [1.29, 1.82) is 0 Å². The molecule has 13 heavy (non-hydrogen) atoms. The summed E-state index contributed by atoms with van der Waals surface area (Å²) in [7, 11) is 1.73. The van der Waals surface area contributed by atoms with E-state index in [1.54, 1.807) is 7.11 Å². The molecule has 1 fully saturated rings. The molecular formula is C11H21NO. The average Bonchev–Trinajstić information content (AvgIpc) is 2.15. The first kappa shape index (κ1) is 10.4. The predicted octanol–water partition coefficient (Wildman–Crippen LogP) is 2.81. The third kappa shape index (κ3) is 3.29. The van der Waals surface area contributed by atoms with Crippen molar-refractivity contribution in [2.45, 2.75) is 52.0 Å². The lowest BCUT2D eigenvalue weighted by Gasteiger charge is -2.25. The van der Waals surface area contributed by atoms with Crippen molar-refractivity contribution in [3.05, 3.63) is 11.5 Å². The summed E-state index contributed by atoms with van der Waals surface area (Å²) >= 11 is 0. The molecule has 0 saturated heterocycles. The lowest BCUT2D eigenvalue weighted by molar-refractivity contribution is 0.231. The maximum atomic E-state index is 5.28. The van der Waals surface area contributed by atoms with Gasteiger partial charge in [0.2, 0.25) is 0 Å². The van der Waals surface area contributed by atoms with Crippen molar-refractivity contribution < 1.29 is 4.74 Å². The van der Waals surface area contributed by atoms with Crippen molar-refractivity contribution >= 4 is 0 Å². The van der Waals surface area contributed by atoms with Gasteiger partial charge in [-0.25, -0.2) is 0 Å². The van der Waals surface area contributed by atoms with Crippen molar-refractivity contribution in [2.24, 2.45) is 0 Å². The molecule has 2 heteroatoms. The minimum Gasteiger partial charge on any atom is -0.483 e.